The Morgan fingerprint density at radius 3 is 0.984 bits per heavy atom. The Morgan fingerprint density at radius 2 is 0.619 bits per heavy atom. The molecule has 0 aromatic heterocycles. The molecule has 0 aliphatic carbocycles. The molecule has 0 amide bonds. The SMILES string of the molecule is CC\C=C/C=C\C=C/C=C\CCCCCCCC(=O)OCC(COC(=O)CCCCCCCC/C=C\C=C/CCCCC)OC(=O)CCCCCCCC/C=C\C=C/CCCCC. The summed E-state index contributed by atoms with van der Waals surface area (Å²) in [5.74, 6) is -0.947. The summed E-state index contributed by atoms with van der Waals surface area (Å²) in [6, 6.07) is 0. The molecule has 0 spiro atoms. The predicted octanol–water partition coefficient (Wildman–Crippen LogP) is 17.0. The van der Waals surface area contributed by atoms with Gasteiger partial charge in [0.25, 0.3) is 0 Å². The molecule has 0 saturated heterocycles. The normalized spacial score (nSPS) is 12.9. The van der Waals surface area contributed by atoms with Crippen molar-refractivity contribution in [1.29, 1.82) is 0 Å². The van der Waals surface area contributed by atoms with Crippen molar-refractivity contribution in [3.8, 4) is 0 Å². The van der Waals surface area contributed by atoms with Crippen molar-refractivity contribution in [3.05, 3.63) is 97.2 Å². The second-order valence-corrected chi connectivity index (χ2v) is 16.8. The first-order chi connectivity index (χ1) is 31.0. The van der Waals surface area contributed by atoms with Gasteiger partial charge in [0.05, 0.1) is 0 Å². The molecule has 0 aromatic rings. The van der Waals surface area contributed by atoms with E-state index in [0.717, 1.165) is 103 Å². The Labute approximate surface area is 387 Å². The molecular formula is C57H94O6. The number of esters is 3. The zero-order valence-corrected chi connectivity index (χ0v) is 40.8. The molecular weight excluding hydrogens is 781 g/mol. The Balaban J connectivity index is 4.48. The monoisotopic (exact) mass is 875 g/mol. The minimum Gasteiger partial charge on any atom is -0.462 e. The van der Waals surface area contributed by atoms with Crippen LogP contribution in [0.1, 0.15) is 226 Å². The van der Waals surface area contributed by atoms with Gasteiger partial charge < -0.3 is 14.2 Å². The van der Waals surface area contributed by atoms with Gasteiger partial charge in [0.1, 0.15) is 13.2 Å². The fourth-order valence-electron chi connectivity index (χ4n) is 6.79. The van der Waals surface area contributed by atoms with Crippen LogP contribution in [-0.4, -0.2) is 37.2 Å². The molecule has 358 valence electrons. The maximum atomic E-state index is 12.8. The third-order valence-electron chi connectivity index (χ3n) is 10.7. The van der Waals surface area contributed by atoms with E-state index in [4.69, 9.17) is 14.2 Å². The van der Waals surface area contributed by atoms with E-state index in [9.17, 15) is 14.4 Å². The van der Waals surface area contributed by atoms with E-state index in [1.807, 2.05) is 18.2 Å². The summed E-state index contributed by atoms with van der Waals surface area (Å²) in [6.45, 7) is 6.39. The number of carbonyl (C=O) groups is 3. The third-order valence-corrected chi connectivity index (χ3v) is 10.7. The van der Waals surface area contributed by atoms with Crippen LogP contribution in [0.25, 0.3) is 0 Å². The highest BCUT2D eigenvalue weighted by Gasteiger charge is 2.19. The van der Waals surface area contributed by atoms with E-state index >= 15 is 0 Å². The molecule has 63 heavy (non-hydrogen) atoms. The predicted molar refractivity (Wildman–Crippen MR) is 270 cm³/mol. The van der Waals surface area contributed by atoms with Crippen LogP contribution >= 0.6 is 0 Å². The van der Waals surface area contributed by atoms with E-state index in [0.29, 0.717) is 19.3 Å². The Hall–Kier alpha value is -3.67. The lowest BCUT2D eigenvalue weighted by atomic mass is 10.1. The molecule has 0 radical (unpaired) electrons. The van der Waals surface area contributed by atoms with Crippen LogP contribution in [0.15, 0.2) is 97.2 Å². The summed E-state index contributed by atoms with van der Waals surface area (Å²) in [6.07, 6.45) is 66.6. The van der Waals surface area contributed by atoms with Crippen molar-refractivity contribution in [2.45, 2.75) is 232 Å². The zero-order valence-electron chi connectivity index (χ0n) is 40.8. The summed E-state index contributed by atoms with van der Waals surface area (Å²) >= 11 is 0. The number of hydrogen-bond donors (Lipinski definition) is 0. The first-order valence-electron chi connectivity index (χ1n) is 25.8. The highest BCUT2D eigenvalue weighted by atomic mass is 16.6. The van der Waals surface area contributed by atoms with Gasteiger partial charge in [-0.25, -0.2) is 0 Å². The van der Waals surface area contributed by atoms with Crippen molar-refractivity contribution in [3.63, 3.8) is 0 Å². The average molecular weight is 875 g/mol. The summed E-state index contributed by atoms with van der Waals surface area (Å²) in [5.41, 5.74) is 0. The van der Waals surface area contributed by atoms with E-state index in [2.05, 4.69) is 99.8 Å². The smallest absolute Gasteiger partial charge is 0.306 e. The van der Waals surface area contributed by atoms with Crippen molar-refractivity contribution in [1.82, 2.24) is 0 Å². The number of rotatable bonds is 45. The molecule has 0 fully saturated rings. The maximum absolute atomic E-state index is 12.8. The van der Waals surface area contributed by atoms with Crippen LogP contribution in [0.2, 0.25) is 0 Å². The molecule has 0 bridgehead atoms. The van der Waals surface area contributed by atoms with Crippen LogP contribution < -0.4 is 0 Å². The molecule has 0 rings (SSSR count). The van der Waals surface area contributed by atoms with Gasteiger partial charge in [-0.1, -0.05) is 214 Å². The summed E-state index contributed by atoms with van der Waals surface area (Å²) in [7, 11) is 0. The lowest BCUT2D eigenvalue weighted by molar-refractivity contribution is -0.167. The fourth-order valence-corrected chi connectivity index (χ4v) is 6.79. The van der Waals surface area contributed by atoms with Crippen molar-refractivity contribution in [2.24, 2.45) is 0 Å². The highest BCUT2D eigenvalue weighted by Crippen LogP contribution is 2.13. The first kappa shape index (κ1) is 59.3. The summed E-state index contributed by atoms with van der Waals surface area (Å²) in [5, 5.41) is 0. The molecule has 0 aromatic carbocycles. The van der Waals surface area contributed by atoms with Gasteiger partial charge in [-0.3, -0.25) is 14.4 Å². The van der Waals surface area contributed by atoms with Crippen molar-refractivity contribution >= 4 is 17.9 Å². The summed E-state index contributed by atoms with van der Waals surface area (Å²) in [4.78, 5) is 38.0. The molecule has 0 saturated carbocycles. The Bertz CT molecular complexity index is 1280. The van der Waals surface area contributed by atoms with Crippen LogP contribution in [0.3, 0.4) is 0 Å². The number of allylic oxidation sites excluding steroid dienone is 16. The molecule has 1 unspecified atom stereocenters. The standard InChI is InChI=1S/C57H94O6/c1-4-7-10-13-16-19-22-25-28-31-34-37-40-43-46-49-55(58)61-52-54(63-57(60)51-48-45-42-39-36-33-30-27-24-21-18-15-12-9-6-3)53-62-56(59)50-47-44-41-38-35-32-29-26-23-20-17-14-11-8-5-2/h7,10,13,16-28,54H,4-6,8-9,11-12,14-15,29-53H2,1-3H3/b10-7-,16-13-,20-17-,21-18-,22-19-,26-23-,27-24-,28-25-. The second kappa shape index (κ2) is 51.0. The van der Waals surface area contributed by atoms with Gasteiger partial charge in [-0.15, -0.1) is 0 Å². The van der Waals surface area contributed by atoms with Gasteiger partial charge in [0.15, 0.2) is 6.10 Å². The van der Waals surface area contributed by atoms with Gasteiger partial charge in [0.2, 0.25) is 0 Å². The minimum absolute atomic E-state index is 0.0976. The first-order valence-corrected chi connectivity index (χ1v) is 25.8. The zero-order chi connectivity index (χ0) is 45.8. The summed E-state index contributed by atoms with van der Waals surface area (Å²) < 4.78 is 16.8. The third kappa shape index (κ3) is 49.2. The number of ether oxygens (including phenoxy) is 3. The Kier molecular flexibility index (Phi) is 48.0. The van der Waals surface area contributed by atoms with E-state index in [-0.39, 0.29) is 31.1 Å². The molecule has 6 heteroatoms. The lowest BCUT2D eigenvalue weighted by Crippen LogP contribution is -2.30. The van der Waals surface area contributed by atoms with Gasteiger partial charge in [0, 0.05) is 19.3 Å². The van der Waals surface area contributed by atoms with Crippen LogP contribution in [0, 0.1) is 0 Å². The Morgan fingerprint density at radius 1 is 0.333 bits per heavy atom. The number of carbonyl (C=O) groups excluding carboxylic acids is 3. The minimum atomic E-state index is -0.799. The quantitative estimate of drug-likeness (QED) is 0.0262. The average Bonchev–Trinajstić information content (AvgIpc) is 3.28. The largest absolute Gasteiger partial charge is 0.462 e. The van der Waals surface area contributed by atoms with Crippen LogP contribution in [0.4, 0.5) is 0 Å². The molecule has 1 atom stereocenters. The molecule has 0 heterocycles. The van der Waals surface area contributed by atoms with E-state index in [1.165, 1.54) is 83.5 Å². The van der Waals surface area contributed by atoms with Gasteiger partial charge in [-0.2, -0.15) is 0 Å². The van der Waals surface area contributed by atoms with Crippen molar-refractivity contribution < 1.29 is 28.6 Å². The lowest BCUT2D eigenvalue weighted by Gasteiger charge is -2.18. The van der Waals surface area contributed by atoms with Crippen LogP contribution in [0.5, 0.6) is 0 Å². The molecule has 0 aliphatic heterocycles. The van der Waals surface area contributed by atoms with E-state index in [1.54, 1.807) is 0 Å². The molecule has 0 aliphatic rings. The number of unbranched alkanes of at least 4 members (excludes halogenated alkanes) is 23. The van der Waals surface area contributed by atoms with E-state index < -0.39 is 6.10 Å². The molecule has 0 N–H and O–H groups in total. The van der Waals surface area contributed by atoms with Crippen LogP contribution in [-0.2, 0) is 28.6 Å². The molecule has 6 nitrogen and oxygen atoms in total. The topological polar surface area (TPSA) is 78.9 Å². The number of hydrogen-bond acceptors (Lipinski definition) is 6. The maximum Gasteiger partial charge on any atom is 0.306 e. The highest BCUT2D eigenvalue weighted by molar-refractivity contribution is 5.71. The van der Waals surface area contributed by atoms with Crippen molar-refractivity contribution in [2.75, 3.05) is 13.2 Å². The van der Waals surface area contributed by atoms with Gasteiger partial charge in [-0.05, 0) is 89.9 Å². The fraction of sp³-hybridized carbons (Fsp3) is 0.667. The van der Waals surface area contributed by atoms with Gasteiger partial charge >= 0.3 is 17.9 Å². The second-order valence-electron chi connectivity index (χ2n) is 16.8.